The van der Waals surface area contributed by atoms with Gasteiger partial charge in [-0.15, -0.1) is 0 Å². The third-order valence-corrected chi connectivity index (χ3v) is 9.36. The number of urea groups is 1. The summed E-state index contributed by atoms with van der Waals surface area (Å²) < 4.78 is 0. The van der Waals surface area contributed by atoms with Crippen molar-refractivity contribution in [3.63, 3.8) is 0 Å². The summed E-state index contributed by atoms with van der Waals surface area (Å²) in [6.07, 6.45) is 4.00. The average molecular weight is 617 g/mol. The van der Waals surface area contributed by atoms with Crippen LogP contribution in [0.3, 0.4) is 0 Å². The van der Waals surface area contributed by atoms with Crippen molar-refractivity contribution in [2.75, 3.05) is 72.9 Å². The second kappa shape index (κ2) is 13.0. The number of amides is 3. The number of fused-ring (bicyclic) bond motifs is 1. The molecule has 3 aliphatic heterocycles. The smallest absolute Gasteiger partial charge is 0.330 e. The number of piperidine rings is 1. The van der Waals surface area contributed by atoms with Crippen LogP contribution in [-0.2, 0) is 11.3 Å². The van der Waals surface area contributed by atoms with Crippen LogP contribution in [-0.4, -0.2) is 84.6 Å². The first-order valence-corrected chi connectivity index (χ1v) is 16.0. The Hall–Kier alpha value is -3.89. The molecule has 3 aromatic rings. The van der Waals surface area contributed by atoms with Crippen LogP contribution in [0.15, 0.2) is 48.7 Å². The molecule has 11 heteroatoms. The number of nitrogens with one attached hydrogen (secondary N) is 1. The van der Waals surface area contributed by atoms with E-state index in [2.05, 4.69) is 52.3 Å². The largest absolute Gasteiger partial charge is 0.369 e. The number of aromatic nitrogens is 2. The van der Waals surface area contributed by atoms with E-state index in [0.717, 1.165) is 50.3 Å². The van der Waals surface area contributed by atoms with Gasteiger partial charge >= 0.3 is 6.03 Å². The standard InChI is InChI=1S/C33H41ClN8O2/c1-4-30(43)40-13-11-24(12-14-40)21-42-31-25(22-41(33(42)44)29-8-6-5-7-27(29)34)20-35-32(37-31)36-26-9-10-28(23(2)19-26)39-17-15-38(3)16-18-39/h5-10,19-20,24H,4,11-18,21-22H2,1-3H3,(H,35,36,37). The number of likely N-dealkylation sites (tertiary alicyclic amines) is 1. The summed E-state index contributed by atoms with van der Waals surface area (Å²) in [5, 5.41) is 3.90. The molecule has 4 heterocycles. The van der Waals surface area contributed by atoms with E-state index in [1.54, 1.807) is 15.9 Å². The Morgan fingerprint density at radius 2 is 1.77 bits per heavy atom. The number of rotatable bonds is 7. The maximum Gasteiger partial charge on any atom is 0.330 e. The molecule has 0 unspecified atom stereocenters. The lowest BCUT2D eigenvalue weighted by molar-refractivity contribution is -0.132. The van der Waals surface area contributed by atoms with Crippen molar-refractivity contribution in [2.45, 2.75) is 39.7 Å². The average Bonchev–Trinajstić information content (AvgIpc) is 3.03. The topological polar surface area (TPSA) is 88.1 Å². The van der Waals surface area contributed by atoms with Crippen molar-refractivity contribution >= 4 is 52.4 Å². The second-order valence-corrected chi connectivity index (χ2v) is 12.5. The molecular weight excluding hydrogens is 576 g/mol. The van der Waals surface area contributed by atoms with Crippen LogP contribution in [0.25, 0.3) is 0 Å². The van der Waals surface area contributed by atoms with E-state index in [9.17, 15) is 9.59 Å². The fraction of sp³-hybridized carbons (Fsp3) is 0.455. The van der Waals surface area contributed by atoms with Gasteiger partial charge in [0.25, 0.3) is 0 Å². The highest BCUT2D eigenvalue weighted by Gasteiger charge is 2.36. The Morgan fingerprint density at radius 1 is 1.02 bits per heavy atom. The summed E-state index contributed by atoms with van der Waals surface area (Å²) in [6, 6.07) is 13.6. The summed E-state index contributed by atoms with van der Waals surface area (Å²) in [4.78, 5) is 46.1. The third kappa shape index (κ3) is 6.32. The first-order valence-electron chi connectivity index (χ1n) is 15.6. The van der Waals surface area contributed by atoms with E-state index in [4.69, 9.17) is 16.6 Å². The molecule has 0 atom stereocenters. The predicted octanol–water partition coefficient (Wildman–Crippen LogP) is 5.53. The van der Waals surface area contributed by atoms with Gasteiger partial charge in [0.1, 0.15) is 5.82 Å². The number of piperazine rings is 1. The SMILES string of the molecule is CCC(=O)N1CCC(CN2C(=O)N(c3ccccc3Cl)Cc3cnc(Nc4ccc(N5CCN(C)CC5)c(C)c4)nc32)CC1. The summed E-state index contributed by atoms with van der Waals surface area (Å²) in [5.74, 6) is 1.49. The molecule has 0 spiro atoms. The number of aryl methyl sites for hydroxylation is 1. The first kappa shape index (κ1) is 30.1. The van der Waals surface area contributed by atoms with Crippen LogP contribution in [0.1, 0.15) is 37.3 Å². The monoisotopic (exact) mass is 616 g/mol. The van der Waals surface area contributed by atoms with E-state index < -0.39 is 0 Å². The van der Waals surface area contributed by atoms with Crippen molar-refractivity contribution in [1.29, 1.82) is 0 Å². The summed E-state index contributed by atoms with van der Waals surface area (Å²) in [6.45, 7) is 10.4. The first-order chi connectivity index (χ1) is 21.3. The van der Waals surface area contributed by atoms with Gasteiger partial charge in [0.15, 0.2) is 0 Å². The second-order valence-electron chi connectivity index (χ2n) is 12.1. The molecule has 232 valence electrons. The molecule has 3 aliphatic rings. The van der Waals surface area contributed by atoms with Gasteiger partial charge in [-0.1, -0.05) is 30.7 Å². The Morgan fingerprint density at radius 3 is 2.48 bits per heavy atom. The van der Waals surface area contributed by atoms with Crippen molar-refractivity contribution in [1.82, 2.24) is 19.8 Å². The lowest BCUT2D eigenvalue weighted by Gasteiger charge is -2.39. The van der Waals surface area contributed by atoms with Gasteiger partial charge < -0.3 is 20.0 Å². The highest BCUT2D eigenvalue weighted by Crippen LogP contribution is 2.36. The van der Waals surface area contributed by atoms with Gasteiger partial charge in [-0.05, 0) is 68.6 Å². The minimum absolute atomic E-state index is 0.158. The van der Waals surface area contributed by atoms with Gasteiger partial charge in [0.05, 0.1) is 17.3 Å². The minimum atomic E-state index is -0.158. The quantitative estimate of drug-likeness (QED) is 0.373. The van der Waals surface area contributed by atoms with E-state index in [-0.39, 0.29) is 17.9 Å². The molecule has 3 amide bonds. The lowest BCUT2D eigenvalue weighted by atomic mass is 9.95. The molecule has 1 N–H and O–H groups in total. The maximum atomic E-state index is 14.1. The van der Waals surface area contributed by atoms with Crippen LogP contribution < -0.4 is 20.0 Å². The van der Waals surface area contributed by atoms with Crippen LogP contribution in [0.4, 0.5) is 33.6 Å². The molecule has 2 fully saturated rings. The number of anilines is 5. The van der Waals surface area contributed by atoms with Gasteiger partial charge in [0, 0.05) is 75.4 Å². The highest BCUT2D eigenvalue weighted by atomic mass is 35.5. The van der Waals surface area contributed by atoms with Crippen molar-refractivity contribution in [3.05, 3.63) is 64.8 Å². The maximum absolute atomic E-state index is 14.1. The molecule has 2 aromatic carbocycles. The Balaban J connectivity index is 1.25. The number of carbonyl (C=O) groups excluding carboxylic acids is 2. The Kier molecular flexibility index (Phi) is 8.91. The molecule has 0 bridgehead atoms. The molecule has 10 nitrogen and oxygen atoms in total. The van der Waals surface area contributed by atoms with Crippen LogP contribution in [0.2, 0.25) is 5.02 Å². The predicted molar refractivity (Wildman–Crippen MR) is 176 cm³/mol. The summed E-state index contributed by atoms with van der Waals surface area (Å²) in [7, 11) is 2.16. The number of carbonyl (C=O) groups is 2. The van der Waals surface area contributed by atoms with Crippen molar-refractivity contribution in [2.24, 2.45) is 5.92 Å². The van der Waals surface area contributed by atoms with Crippen molar-refractivity contribution in [3.8, 4) is 0 Å². The lowest BCUT2D eigenvalue weighted by Crippen LogP contribution is -2.51. The molecule has 44 heavy (non-hydrogen) atoms. The zero-order valence-corrected chi connectivity index (χ0v) is 26.6. The molecule has 0 radical (unpaired) electrons. The molecular formula is C33H41ClN8O2. The number of hydrogen-bond acceptors (Lipinski definition) is 7. The molecule has 6 rings (SSSR count). The van der Waals surface area contributed by atoms with Crippen molar-refractivity contribution < 1.29 is 9.59 Å². The Bertz CT molecular complexity index is 1520. The van der Waals surface area contributed by atoms with Gasteiger partial charge in [-0.3, -0.25) is 14.6 Å². The highest BCUT2D eigenvalue weighted by molar-refractivity contribution is 6.34. The zero-order valence-electron chi connectivity index (χ0n) is 25.8. The van der Waals surface area contributed by atoms with Crippen LogP contribution in [0, 0.1) is 12.8 Å². The van der Waals surface area contributed by atoms with E-state index in [1.165, 1.54) is 11.3 Å². The number of halogens is 1. The molecule has 0 aliphatic carbocycles. The number of nitrogens with zero attached hydrogens (tertiary/aromatic N) is 7. The normalized spacial score (nSPS) is 18.0. The summed E-state index contributed by atoms with van der Waals surface area (Å²) in [5.41, 5.74) is 4.86. The number of hydrogen-bond donors (Lipinski definition) is 1. The fourth-order valence-electron chi connectivity index (χ4n) is 6.41. The third-order valence-electron chi connectivity index (χ3n) is 9.04. The van der Waals surface area contributed by atoms with Crippen LogP contribution in [0.5, 0.6) is 0 Å². The molecule has 2 saturated heterocycles. The molecule has 0 saturated carbocycles. The van der Waals surface area contributed by atoms with E-state index in [1.807, 2.05) is 36.2 Å². The van der Waals surface area contributed by atoms with E-state index >= 15 is 0 Å². The Labute approximate surface area is 264 Å². The van der Waals surface area contributed by atoms with Gasteiger partial charge in [-0.2, -0.15) is 4.98 Å². The van der Waals surface area contributed by atoms with Gasteiger partial charge in [-0.25, -0.2) is 9.78 Å². The van der Waals surface area contributed by atoms with Crippen LogP contribution >= 0.6 is 11.6 Å². The number of benzene rings is 2. The number of likely N-dealkylation sites (N-methyl/N-ethyl adjacent to an activating group) is 1. The molecule has 1 aromatic heterocycles. The fourth-order valence-corrected chi connectivity index (χ4v) is 6.65. The summed E-state index contributed by atoms with van der Waals surface area (Å²) >= 11 is 6.55. The van der Waals surface area contributed by atoms with E-state index in [0.29, 0.717) is 55.1 Å². The zero-order chi connectivity index (χ0) is 30.8. The minimum Gasteiger partial charge on any atom is -0.369 e. The number of para-hydroxylation sites is 1. The van der Waals surface area contributed by atoms with Gasteiger partial charge in [0.2, 0.25) is 11.9 Å².